The summed E-state index contributed by atoms with van der Waals surface area (Å²) in [5.41, 5.74) is 0.316. The molecule has 1 atom stereocenters. The molecule has 5 heteroatoms. The fourth-order valence-corrected chi connectivity index (χ4v) is 1.95. The van der Waals surface area contributed by atoms with E-state index in [0.717, 1.165) is 6.54 Å². The molecule has 2 rings (SSSR count). The number of Topliss-reactive ketones (excluding diaryl/α,β-unsaturated/α-hetero) is 1. The van der Waals surface area contributed by atoms with Crippen molar-refractivity contribution >= 4 is 17.4 Å². The van der Waals surface area contributed by atoms with Gasteiger partial charge in [0, 0.05) is 19.5 Å². The van der Waals surface area contributed by atoms with E-state index in [-0.39, 0.29) is 17.2 Å². The van der Waals surface area contributed by atoms with Crippen LogP contribution in [0, 0.1) is 5.82 Å². The van der Waals surface area contributed by atoms with Gasteiger partial charge in [0.1, 0.15) is 11.9 Å². The zero-order valence-electron chi connectivity index (χ0n) is 9.21. The average Bonchev–Trinajstić information content (AvgIpc) is 2.36. The highest BCUT2D eigenvalue weighted by Gasteiger charge is 2.22. The SMILES string of the molecule is O=C(Cc1cccc(Cl)c1F)C1CNCCO1. The molecule has 0 spiro atoms. The zero-order valence-corrected chi connectivity index (χ0v) is 9.97. The van der Waals surface area contributed by atoms with Gasteiger partial charge in [0.2, 0.25) is 0 Å². The monoisotopic (exact) mass is 257 g/mol. The first-order chi connectivity index (χ1) is 8.18. The van der Waals surface area contributed by atoms with Crippen LogP contribution in [-0.2, 0) is 16.0 Å². The number of carbonyl (C=O) groups is 1. The largest absolute Gasteiger partial charge is 0.368 e. The molecule has 1 aromatic carbocycles. The van der Waals surface area contributed by atoms with E-state index in [2.05, 4.69) is 5.32 Å². The van der Waals surface area contributed by atoms with E-state index in [1.54, 1.807) is 12.1 Å². The van der Waals surface area contributed by atoms with Crippen LogP contribution >= 0.6 is 11.6 Å². The van der Waals surface area contributed by atoms with Crippen molar-refractivity contribution in [3.63, 3.8) is 0 Å². The Labute approximate surface area is 104 Å². The first-order valence-corrected chi connectivity index (χ1v) is 5.84. The van der Waals surface area contributed by atoms with Crippen molar-refractivity contribution in [2.45, 2.75) is 12.5 Å². The molecule has 1 N–H and O–H groups in total. The lowest BCUT2D eigenvalue weighted by molar-refractivity contribution is -0.131. The van der Waals surface area contributed by atoms with Crippen molar-refractivity contribution in [2.75, 3.05) is 19.7 Å². The van der Waals surface area contributed by atoms with Crippen LogP contribution in [-0.4, -0.2) is 31.6 Å². The lowest BCUT2D eigenvalue weighted by Crippen LogP contribution is -2.43. The van der Waals surface area contributed by atoms with Crippen LogP contribution < -0.4 is 5.32 Å². The smallest absolute Gasteiger partial charge is 0.167 e. The molecule has 0 aliphatic carbocycles. The van der Waals surface area contributed by atoms with Gasteiger partial charge in [-0.25, -0.2) is 4.39 Å². The average molecular weight is 258 g/mol. The fraction of sp³-hybridized carbons (Fsp3) is 0.417. The minimum Gasteiger partial charge on any atom is -0.368 e. The van der Waals surface area contributed by atoms with Crippen molar-refractivity contribution in [3.8, 4) is 0 Å². The van der Waals surface area contributed by atoms with E-state index < -0.39 is 11.9 Å². The molecule has 1 aromatic rings. The van der Waals surface area contributed by atoms with E-state index in [0.29, 0.717) is 18.7 Å². The Kier molecular flexibility index (Phi) is 4.10. The van der Waals surface area contributed by atoms with Crippen molar-refractivity contribution in [2.24, 2.45) is 0 Å². The second-order valence-corrected chi connectivity index (χ2v) is 4.33. The molecular weight excluding hydrogens is 245 g/mol. The maximum atomic E-state index is 13.6. The van der Waals surface area contributed by atoms with Crippen LogP contribution in [0.4, 0.5) is 4.39 Å². The van der Waals surface area contributed by atoms with Crippen LogP contribution in [0.15, 0.2) is 18.2 Å². The van der Waals surface area contributed by atoms with Crippen LogP contribution in [0.1, 0.15) is 5.56 Å². The summed E-state index contributed by atoms with van der Waals surface area (Å²) in [7, 11) is 0. The molecule has 1 heterocycles. The van der Waals surface area contributed by atoms with Crippen molar-refractivity contribution in [1.29, 1.82) is 0 Å². The number of hydrogen-bond acceptors (Lipinski definition) is 3. The van der Waals surface area contributed by atoms with E-state index in [1.807, 2.05) is 0 Å². The molecule has 1 aliphatic heterocycles. The van der Waals surface area contributed by atoms with Crippen molar-refractivity contribution < 1.29 is 13.9 Å². The minimum atomic E-state index is -0.522. The summed E-state index contributed by atoms with van der Waals surface area (Å²) < 4.78 is 18.9. The summed E-state index contributed by atoms with van der Waals surface area (Å²) in [5.74, 6) is -0.648. The predicted octanol–water partition coefficient (Wildman–Crippen LogP) is 1.58. The minimum absolute atomic E-state index is 0.0126. The van der Waals surface area contributed by atoms with E-state index in [9.17, 15) is 9.18 Å². The van der Waals surface area contributed by atoms with Gasteiger partial charge in [-0.05, 0) is 11.6 Å². The molecule has 0 radical (unpaired) electrons. The van der Waals surface area contributed by atoms with Crippen LogP contribution in [0.5, 0.6) is 0 Å². The first kappa shape index (κ1) is 12.5. The number of ether oxygens (including phenoxy) is 1. The number of hydrogen-bond donors (Lipinski definition) is 1. The zero-order chi connectivity index (χ0) is 12.3. The van der Waals surface area contributed by atoms with Crippen LogP contribution in [0.2, 0.25) is 5.02 Å². The maximum Gasteiger partial charge on any atom is 0.167 e. The molecule has 0 saturated carbocycles. The number of halogens is 2. The second kappa shape index (κ2) is 5.58. The molecule has 3 nitrogen and oxygen atoms in total. The number of benzene rings is 1. The molecule has 1 fully saturated rings. The van der Waals surface area contributed by atoms with Gasteiger partial charge in [-0.2, -0.15) is 0 Å². The van der Waals surface area contributed by atoms with Gasteiger partial charge in [-0.15, -0.1) is 0 Å². The Morgan fingerprint density at radius 1 is 1.59 bits per heavy atom. The van der Waals surface area contributed by atoms with Crippen LogP contribution in [0.25, 0.3) is 0 Å². The van der Waals surface area contributed by atoms with Gasteiger partial charge in [0.05, 0.1) is 11.6 Å². The van der Waals surface area contributed by atoms with Gasteiger partial charge in [0.15, 0.2) is 5.78 Å². The maximum absolute atomic E-state index is 13.6. The third kappa shape index (κ3) is 3.03. The molecule has 1 saturated heterocycles. The lowest BCUT2D eigenvalue weighted by atomic mass is 10.0. The molecule has 0 aromatic heterocycles. The number of rotatable bonds is 3. The summed E-state index contributed by atoms with van der Waals surface area (Å²) in [5, 5.41) is 3.10. The Morgan fingerprint density at radius 3 is 3.12 bits per heavy atom. The highest BCUT2D eigenvalue weighted by molar-refractivity contribution is 6.30. The molecule has 0 bridgehead atoms. The third-order valence-electron chi connectivity index (χ3n) is 2.68. The fourth-order valence-electron chi connectivity index (χ4n) is 1.76. The Bertz CT molecular complexity index is 419. The molecule has 92 valence electrons. The van der Waals surface area contributed by atoms with E-state index in [1.165, 1.54) is 6.07 Å². The summed E-state index contributed by atoms with van der Waals surface area (Å²) in [4.78, 5) is 11.9. The Balaban J connectivity index is 2.04. The van der Waals surface area contributed by atoms with E-state index in [4.69, 9.17) is 16.3 Å². The van der Waals surface area contributed by atoms with Crippen molar-refractivity contribution in [3.05, 3.63) is 34.6 Å². The molecule has 17 heavy (non-hydrogen) atoms. The molecule has 0 amide bonds. The summed E-state index contributed by atoms with van der Waals surface area (Å²) in [6.07, 6.45) is -0.471. The quantitative estimate of drug-likeness (QED) is 0.894. The van der Waals surface area contributed by atoms with E-state index >= 15 is 0 Å². The number of ketones is 1. The topological polar surface area (TPSA) is 38.3 Å². The lowest BCUT2D eigenvalue weighted by Gasteiger charge is -2.22. The molecule has 1 aliphatic rings. The Hall–Kier alpha value is -0.970. The van der Waals surface area contributed by atoms with Gasteiger partial charge in [0.25, 0.3) is 0 Å². The normalized spacial score (nSPS) is 20.2. The number of carbonyl (C=O) groups excluding carboxylic acids is 1. The first-order valence-electron chi connectivity index (χ1n) is 5.46. The van der Waals surface area contributed by atoms with Gasteiger partial charge < -0.3 is 10.1 Å². The van der Waals surface area contributed by atoms with Gasteiger partial charge in [-0.1, -0.05) is 23.7 Å². The second-order valence-electron chi connectivity index (χ2n) is 3.92. The third-order valence-corrected chi connectivity index (χ3v) is 2.97. The Morgan fingerprint density at radius 2 is 2.41 bits per heavy atom. The highest BCUT2D eigenvalue weighted by Crippen LogP contribution is 2.19. The summed E-state index contributed by atoms with van der Waals surface area (Å²) in [6, 6.07) is 4.66. The highest BCUT2D eigenvalue weighted by atomic mass is 35.5. The van der Waals surface area contributed by atoms with Crippen molar-refractivity contribution in [1.82, 2.24) is 5.32 Å². The van der Waals surface area contributed by atoms with Crippen LogP contribution in [0.3, 0.4) is 0 Å². The van der Waals surface area contributed by atoms with Gasteiger partial charge >= 0.3 is 0 Å². The number of morpholine rings is 1. The number of nitrogens with one attached hydrogen (secondary N) is 1. The van der Waals surface area contributed by atoms with Gasteiger partial charge in [-0.3, -0.25) is 4.79 Å². The molecular formula is C12H13ClFNO2. The summed E-state index contributed by atoms with van der Waals surface area (Å²) >= 11 is 5.65. The summed E-state index contributed by atoms with van der Waals surface area (Å²) in [6.45, 7) is 1.74. The molecule has 1 unspecified atom stereocenters. The standard InChI is InChI=1S/C12H13ClFNO2/c13-9-3-1-2-8(12(9)14)6-10(16)11-7-15-4-5-17-11/h1-3,11,15H,4-7H2. The predicted molar refractivity (Wildman–Crippen MR) is 62.7 cm³/mol.